The van der Waals surface area contributed by atoms with Crippen molar-refractivity contribution < 1.29 is 28.7 Å². The van der Waals surface area contributed by atoms with Gasteiger partial charge >= 0.3 is 0 Å². The van der Waals surface area contributed by atoms with E-state index in [1.165, 1.54) is 17.2 Å². The number of Topliss-reactive ketones (excluding diaryl/α,β-unsaturated/α-hetero) is 1. The number of carbonyl (C=O) groups excluding carboxylic acids is 2. The number of aliphatic hydroxyl groups excluding tert-OH is 1. The molecule has 1 amide bonds. The average molecular weight is 418 g/mol. The molecule has 0 unspecified atom stereocenters. The molecule has 0 radical (unpaired) electrons. The third-order valence-electron chi connectivity index (χ3n) is 5.39. The van der Waals surface area contributed by atoms with E-state index in [0.717, 1.165) is 13.1 Å². The largest absolute Gasteiger partial charge is 0.503 e. The second-order valence-electron chi connectivity index (χ2n) is 7.13. The molecule has 1 aromatic heterocycles. The van der Waals surface area contributed by atoms with Crippen LogP contribution < -0.4 is 4.90 Å². The fraction of sp³-hybridized carbons (Fsp3) is 0.333. The van der Waals surface area contributed by atoms with Gasteiger partial charge < -0.3 is 24.1 Å². The van der Waals surface area contributed by atoms with Crippen LogP contribution in [0.1, 0.15) is 22.2 Å². The summed E-state index contributed by atoms with van der Waals surface area (Å²) in [4.78, 5) is 28.8. The first-order valence-electron chi connectivity index (χ1n) is 9.55. The van der Waals surface area contributed by atoms with Gasteiger partial charge in [-0.3, -0.25) is 9.59 Å². The Morgan fingerprint density at radius 1 is 1.21 bits per heavy atom. The van der Waals surface area contributed by atoms with Crippen LogP contribution in [0.5, 0.6) is 0 Å². The summed E-state index contributed by atoms with van der Waals surface area (Å²) in [5.74, 6) is -1.49. The van der Waals surface area contributed by atoms with Gasteiger partial charge in [-0.1, -0.05) is 23.7 Å². The Morgan fingerprint density at radius 3 is 2.59 bits per heavy atom. The predicted molar refractivity (Wildman–Crippen MR) is 105 cm³/mol. The molecule has 1 fully saturated rings. The molecule has 152 valence electrons. The molecular formula is C21H22ClN2O5+. The first kappa shape index (κ1) is 19.7. The lowest BCUT2D eigenvalue weighted by molar-refractivity contribution is -0.907. The number of halogens is 1. The zero-order valence-electron chi connectivity index (χ0n) is 15.8. The number of amides is 1. The van der Waals surface area contributed by atoms with E-state index in [1.54, 1.807) is 35.2 Å². The average Bonchev–Trinajstić information content (AvgIpc) is 3.36. The van der Waals surface area contributed by atoms with Crippen LogP contribution in [-0.2, 0) is 9.53 Å². The van der Waals surface area contributed by atoms with Crippen molar-refractivity contribution >= 4 is 23.3 Å². The van der Waals surface area contributed by atoms with Crippen LogP contribution in [0.2, 0.25) is 5.02 Å². The van der Waals surface area contributed by atoms with Crippen LogP contribution in [0.3, 0.4) is 0 Å². The van der Waals surface area contributed by atoms with Crippen LogP contribution in [0.4, 0.5) is 0 Å². The van der Waals surface area contributed by atoms with Crippen LogP contribution in [-0.4, -0.2) is 61.1 Å². The molecule has 1 atom stereocenters. The van der Waals surface area contributed by atoms with E-state index in [1.807, 2.05) is 0 Å². The number of hydrogen-bond donors (Lipinski definition) is 2. The molecular weight excluding hydrogens is 396 g/mol. The molecule has 0 spiro atoms. The van der Waals surface area contributed by atoms with E-state index in [0.29, 0.717) is 36.9 Å². The van der Waals surface area contributed by atoms with Gasteiger partial charge in [0, 0.05) is 5.02 Å². The Labute approximate surface area is 173 Å². The highest BCUT2D eigenvalue weighted by Gasteiger charge is 2.44. The summed E-state index contributed by atoms with van der Waals surface area (Å²) < 4.78 is 10.6. The van der Waals surface area contributed by atoms with Crippen LogP contribution >= 0.6 is 11.6 Å². The molecule has 4 rings (SSSR count). The second kappa shape index (κ2) is 8.41. The Bertz CT molecular complexity index is 917. The molecule has 2 aromatic rings. The molecule has 1 saturated heterocycles. The molecule has 29 heavy (non-hydrogen) atoms. The van der Waals surface area contributed by atoms with Gasteiger partial charge in [-0.15, -0.1) is 0 Å². The number of benzene rings is 1. The smallest absolute Gasteiger partial charge is 0.290 e. The summed E-state index contributed by atoms with van der Waals surface area (Å²) in [7, 11) is 0. The van der Waals surface area contributed by atoms with Gasteiger partial charge in [-0.2, -0.15) is 0 Å². The van der Waals surface area contributed by atoms with Crippen molar-refractivity contribution in [2.75, 3.05) is 39.4 Å². The van der Waals surface area contributed by atoms with Crippen LogP contribution in [0.15, 0.2) is 58.4 Å². The maximum Gasteiger partial charge on any atom is 0.290 e. The summed E-state index contributed by atoms with van der Waals surface area (Å²) in [6.07, 6.45) is 1.39. The molecule has 2 N–H and O–H groups in total. The van der Waals surface area contributed by atoms with Crippen molar-refractivity contribution in [1.82, 2.24) is 4.90 Å². The van der Waals surface area contributed by atoms with Crippen molar-refractivity contribution in [2.24, 2.45) is 0 Å². The maximum atomic E-state index is 13.0. The minimum atomic E-state index is -0.696. The molecule has 8 heteroatoms. The van der Waals surface area contributed by atoms with Gasteiger partial charge in [0.2, 0.25) is 5.78 Å². The summed E-state index contributed by atoms with van der Waals surface area (Å²) in [6, 6.07) is 9.36. The minimum absolute atomic E-state index is 0.0317. The van der Waals surface area contributed by atoms with Gasteiger partial charge in [-0.25, -0.2) is 0 Å². The van der Waals surface area contributed by atoms with E-state index in [-0.39, 0.29) is 11.3 Å². The number of ketones is 1. The number of morpholine rings is 1. The summed E-state index contributed by atoms with van der Waals surface area (Å²) in [5.41, 5.74) is 0.739. The highest BCUT2D eigenvalue weighted by Crippen LogP contribution is 2.39. The molecule has 0 aliphatic carbocycles. The molecule has 0 bridgehead atoms. The number of quaternary nitrogens is 1. The number of carbonyl (C=O) groups is 2. The number of aliphatic hydroxyl groups is 1. The Hall–Kier alpha value is -2.61. The van der Waals surface area contributed by atoms with Crippen molar-refractivity contribution in [1.29, 1.82) is 0 Å². The first-order chi connectivity index (χ1) is 14.1. The Balaban J connectivity index is 1.66. The van der Waals surface area contributed by atoms with Gasteiger partial charge in [0.25, 0.3) is 5.91 Å². The lowest BCUT2D eigenvalue weighted by Crippen LogP contribution is -3.14. The van der Waals surface area contributed by atoms with Crippen molar-refractivity contribution in [3.05, 3.63) is 70.3 Å². The quantitative estimate of drug-likeness (QED) is 0.694. The van der Waals surface area contributed by atoms with Crippen molar-refractivity contribution in [3.8, 4) is 0 Å². The summed E-state index contributed by atoms with van der Waals surface area (Å²) in [6.45, 7) is 4.22. The monoisotopic (exact) mass is 417 g/mol. The van der Waals surface area contributed by atoms with Crippen molar-refractivity contribution in [2.45, 2.75) is 6.04 Å². The maximum absolute atomic E-state index is 13.0. The highest BCUT2D eigenvalue weighted by molar-refractivity contribution is 6.30. The fourth-order valence-electron chi connectivity index (χ4n) is 3.84. The van der Waals surface area contributed by atoms with Gasteiger partial charge in [-0.05, 0) is 29.8 Å². The lowest BCUT2D eigenvalue weighted by atomic mass is 9.95. The summed E-state index contributed by atoms with van der Waals surface area (Å²) in [5, 5.41) is 11.1. The number of nitrogens with zero attached hydrogens (tertiary/aromatic N) is 1. The molecule has 0 saturated carbocycles. The SMILES string of the molecule is O=C(C1=C(O)C(=O)N(CC[NH+]2CCOCC2)[C@@H]1c1ccc(Cl)cc1)c1ccco1. The number of furan rings is 1. The van der Waals surface area contributed by atoms with Crippen molar-refractivity contribution in [3.63, 3.8) is 0 Å². The van der Waals surface area contributed by atoms with Gasteiger partial charge in [0.05, 0.1) is 44.2 Å². The topological polar surface area (TPSA) is 84.4 Å². The summed E-state index contributed by atoms with van der Waals surface area (Å²) >= 11 is 6.02. The van der Waals surface area contributed by atoms with E-state index >= 15 is 0 Å². The van der Waals surface area contributed by atoms with Gasteiger partial charge in [0.15, 0.2) is 11.5 Å². The van der Waals surface area contributed by atoms with Gasteiger partial charge in [0.1, 0.15) is 13.1 Å². The minimum Gasteiger partial charge on any atom is -0.503 e. The third kappa shape index (κ3) is 3.94. The lowest BCUT2D eigenvalue weighted by Gasteiger charge is -2.30. The standard InChI is InChI=1S/C21H21ClN2O5/c22-15-5-3-14(4-6-15)18-17(19(25)16-2-1-11-29-16)20(26)21(27)24(18)8-7-23-9-12-28-13-10-23/h1-6,11,18,26H,7-10,12-13H2/p+1/t18-/m1/s1. The van der Waals surface area contributed by atoms with E-state index in [9.17, 15) is 14.7 Å². The highest BCUT2D eigenvalue weighted by atomic mass is 35.5. The zero-order valence-corrected chi connectivity index (χ0v) is 16.5. The van der Waals surface area contributed by atoms with Crippen LogP contribution in [0, 0.1) is 0 Å². The molecule has 3 heterocycles. The van der Waals surface area contributed by atoms with Crippen LogP contribution in [0.25, 0.3) is 0 Å². The number of hydrogen-bond acceptors (Lipinski definition) is 5. The van der Waals surface area contributed by atoms with E-state index in [2.05, 4.69) is 0 Å². The predicted octanol–water partition coefficient (Wildman–Crippen LogP) is 1.43. The number of ether oxygens (including phenoxy) is 1. The number of nitrogens with one attached hydrogen (secondary N) is 1. The molecule has 7 nitrogen and oxygen atoms in total. The Morgan fingerprint density at radius 2 is 1.93 bits per heavy atom. The Kier molecular flexibility index (Phi) is 5.71. The van der Waals surface area contributed by atoms with E-state index < -0.39 is 23.5 Å². The molecule has 1 aromatic carbocycles. The normalized spacial score (nSPS) is 20.5. The third-order valence-corrected chi connectivity index (χ3v) is 5.64. The first-order valence-corrected chi connectivity index (χ1v) is 9.93. The fourth-order valence-corrected chi connectivity index (χ4v) is 3.96. The second-order valence-corrected chi connectivity index (χ2v) is 7.57. The zero-order chi connectivity index (χ0) is 20.4. The van der Waals surface area contributed by atoms with E-state index in [4.69, 9.17) is 20.8 Å². The molecule has 2 aliphatic heterocycles. The molecule has 2 aliphatic rings. The number of rotatable bonds is 6.